The third-order valence-corrected chi connectivity index (χ3v) is 3.36. The number of phenols is 1. The number of nitro benzene ring substituents is 1. The second kappa shape index (κ2) is 8.30. The van der Waals surface area contributed by atoms with Crippen LogP contribution >= 0.6 is 11.6 Å². The molecule has 0 heterocycles. The number of ether oxygens (including phenoxy) is 1. The van der Waals surface area contributed by atoms with E-state index in [1.54, 1.807) is 24.3 Å². The van der Waals surface area contributed by atoms with Gasteiger partial charge in [-0.15, -0.1) is 0 Å². The predicted octanol–water partition coefficient (Wildman–Crippen LogP) is 3.50. The maximum Gasteiger partial charge on any atom is 0.312 e. The molecule has 0 unspecified atom stereocenters. The maximum absolute atomic E-state index is 12.0. The molecule has 0 aliphatic carbocycles. The van der Waals surface area contributed by atoms with Crippen LogP contribution in [0.15, 0.2) is 41.5 Å². The molecule has 0 aliphatic heterocycles. The number of nitro groups is 1. The van der Waals surface area contributed by atoms with Crippen molar-refractivity contribution in [2.75, 3.05) is 0 Å². The molecular weight excluding hydrogens is 362 g/mol. The zero-order chi connectivity index (χ0) is 19.3. The van der Waals surface area contributed by atoms with Gasteiger partial charge in [0.25, 0.3) is 5.91 Å². The number of amides is 1. The third-order valence-electron chi connectivity index (χ3n) is 3.14. The van der Waals surface area contributed by atoms with Crippen molar-refractivity contribution in [1.29, 1.82) is 0 Å². The van der Waals surface area contributed by atoms with E-state index in [1.165, 1.54) is 6.07 Å². The Kier molecular flexibility index (Phi) is 6.13. The topological polar surface area (TPSA) is 114 Å². The second-order valence-electron chi connectivity index (χ2n) is 5.51. The number of hydrazone groups is 1. The first-order valence-electron chi connectivity index (χ1n) is 7.55. The van der Waals surface area contributed by atoms with Crippen LogP contribution in [0.2, 0.25) is 5.02 Å². The minimum Gasteiger partial charge on any atom is -0.502 e. The summed E-state index contributed by atoms with van der Waals surface area (Å²) in [5.74, 6) is -0.447. The van der Waals surface area contributed by atoms with Crippen molar-refractivity contribution in [2.45, 2.75) is 20.0 Å². The molecule has 0 saturated carbocycles. The molecule has 2 aromatic carbocycles. The normalized spacial score (nSPS) is 10.9. The highest BCUT2D eigenvalue weighted by atomic mass is 35.5. The fraction of sp³-hybridized carbons (Fsp3) is 0.176. The molecule has 0 aliphatic rings. The van der Waals surface area contributed by atoms with Crippen molar-refractivity contribution in [3.05, 3.63) is 62.7 Å². The lowest BCUT2D eigenvalue weighted by Crippen LogP contribution is -2.17. The summed E-state index contributed by atoms with van der Waals surface area (Å²) >= 11 is 5.78. The van der Waals surface area contributed by atoms with Crippen molar-refractivity contribution in [3.8, 4) is 11.5 Å². The Bertz CT molecular complexity index is 850. The van der Waals surface area contributed by atoms with Crippen LogP contribution in [0.25, 0.3) is 0 Å². The monoisotopic (exact) mass is 377 g/mol. The summed E-state index contributed by atoms with van der Waals surface area (Å²) < 4.78 is 5.49. The van der Waals surface area contributed by atoms with Gasteiger partial charge in [0.15, 0.2) is 0 Å². The number of aromatic hydroxyl groups is 1. The summed E-state index contributed by atoms with van der Waals surface area (Å²) in [6.45, 7) is 3.79. The van der Waals surface area contributed by atoms with Crippen LogP contribution in [0, 0.1) is 10.1 Å². The Hall–Kier alpha value is -3.13. The van der Waals surface area contributed by atoms with E-state index in [-0.39, 0.29) is 16.7 Å². The second-order valence-corrected chi connectivity index (χ2v) is 5.95. The molecule has 2 rings (SSSR count). The van der Waals surface area contributed by atoms with Crippen LogP contribution in [-0.4, -0.2) is 28.3 Å². The largest absolute Gasteiger partial charge is 0.502 e. The summed E-state index contributed by atoms with van der Waals surface area (Å²) in [4.78, 5) is 22.1. The fourth-order valence-corrected chi connectivity index (χ4v) is 2.25. The number of benzene rings is 2. The van der Waals surface area contributed by atoms with Gasteiger partial charge in [-0.05, 0) is 44.2 Å². The lowest BCUT2D eigenvalue weighted by atomic mass is 10.2. The van der Waals surface area contributed by atoms with E-state index in [9.17, 15) is 20.0 Å². The maximum atomic E-state index is 12.0. The number of carbonyl (C=O) groups is 1. The molecule has 1 amide bonds. The van der Waals surface area contributed by atoms with Crippen LogP contribution < -0.4 is 10.2 Å². The molecule has 0 atom stereocenters. The van der Waals surface area contributed by atoms with Crippen molar-refractivity contribution in [1.82, 2.24) is 5.43 Å². The number of nitrogens with zero attached hydrogens (tertiary/aromatic N) is 2. The Balaban J connectivity index is 2.08. The van der Waals surface area contributed by atoms with Gasteiger partial charge in [-0.3, -0.25) is 14.9 Å². The molecule has 0 saturated heterocycles. The first-order valence-corrected chi connectivity index (χ1v) is 7.92. The van der Waals surface area contributed by atoms with E-state index in [0.717, 1.165) is 12.3 Å². The van der Waals surface area contributed by atoms with Gasteiger partial charge in [0.1, 0.15) is 5.75 Å². The number of phenolic OH excluding ortho intramolecular Hbond substituents is 1. The molecule has 0 aromatic heterocycles. The highest BCUT2D eigenvalue weighted by Gasteiger charge is 2.17. The quantitative estimate of drug-likeness (QED) is 0.454. The minimum absolute atomic E-state index is 0.00480. The van der Waals surface area contributed by atoms with E-state index in [2.05, 4.69) is 10.5 Å². The smallest absolute Gasteiger partial charge is 0.312 e. The lowest BCUT2D eigenvalue weighted by Gasteiger charge is -2.09. The van der Waals surface area contributed by atoms with Gasteiger partial charge in [-0.25, -0.2) is 5.43 Å². The number of carbonyl (C=O) groups excluding carboxylic acids is 1. The zero-order valence-corrected chi connectivity index (χ0v) is 14.7. The summed E-state index contributed by atoms with van der Waals surface area (Å²) in [6, 6.07) is 8.77. The van der Waals surface area contributed by atoms with Crippen molar-refractivity contribution in [2.24, 2.45) is 5.10 Å². The van der Waals surface area contributed by atoms with Gasteiger partial charge in [-0.1, -0.05) is 11.6 Å². The molecule has 0 bridgehead atoms. The van der Waals surface area contributed by atoms with E-state index < -0.39 is 22.3 Å². The number of hydrogen-bond acceptors (Lipinski definition) is 6. The summed E-state index contributed by atoms with van der Waals surface area (Å²) in [7, 11) is 0. The SMILES string of the molecule is CC(C)Oc1ccc(C(=O)N/N=C/c2cc(Cl)cc([N+](=O)[O-])c2O)cc1. The average molecular weight is 378 g/mol. The van der Waals surface area contributed by atoms with Crippen LogP contribution in [0.5, 0.6) is 11.5 Å². The molecule has 9 heteroatoms. The van der Waals surface area contributed by atoms with Crippen LogP contribution in [0.3, 0.4) is 0 Å². The highest BCUT2D eigenvalue weighted by molar-refractivity contribution is 6.31. The van der Waals surface area contributed by atoms with Crippen molar-refractivity contribution < 1.29 is 19.6 Å². The van der Waals surface area contributed by atoms with Crippen LogP contribution in [0.4, 0.5) is 5.69 Å². The first-order chi connectivity index (χ1) is 12.3. The van der Waals surface area contributed by atoms with E-state index >= 15 is 0 Å². The summed E-state index contributed by atoms with van der Waals surface area (Å²) in [5.41, 5.74) is 2.07. The third kappa shape index (κ3) is 4.93. The molecule has 8 nitrogen and oxygen atoms in total. The molecule has 0 radical (unpaired) electrons. The van der Waals surface area contributed by atoms with E-state index in [4.69, 9.17) is 16.3 Å². The van der Waals surface area contributed by atoms with Gasteiger partial charge in [-0.2, -0.15) is 5.10 Å². The molecule has 2 aromatic rings. The minimum atomic E-state index is -0.766. The highest BCUT2D eigenvalue weighted by Crippen LogP contribution is 2.32. The Morgan fingerprint density at radius 1 is 1.35 bits per heavy atom. The van der Waals surface area contributed by atoms with Gasteiger partial charge < -0.3 is 9.84 Å². The van der Waals surface area contributed by atoms with Crippen LogP contribution in [-0.2, 0) is 0 Å². The zero-order valence-electron chi connectivity index (χ0n) is 14.0. The van der Waals surface area contributed by atoms with E-state index in [1.807, 2.05) is 13.8 Å². The Labute approximate surface area is 154 Å². The first kappa shape index (κ1) is 19.2. The predicted molar refractivity (Wildman–Crippen MR) is 97.0 cm³/mol. The molecule has 0 fully saturated rings. The average Bonchev–Trinajstić information content (AvgIpc) is 2.57. The Morgan fingerprint density at radius 2 is 2.00 bits per heavy atom. The summed E-state index contributed by atoms with van der Waals surface area (Å²) in [6.07, 6.45) is 1.09. The van der Waals surface area contributed by atoms with Gasteiger partial charge in [0.05, 0.1) is 17.2 Å². The number of rotatable bonds is 6. The molecule has 0 spiro atoms. The Morgan fingerprint density at radius 3 is 2.58 bits per heavy atom. The molecule has 26 heavy (non-hydrogen) atoms. The number of halogens is 1. The van der Waals surface area contributed by atoms with Gasteiger partial charge in [0.2, 0.25) is 5.75 Å². The molecule has 136 valence electrons. The van der Waals surface area contributed by atoms with Crippen molar-refractivity contribution in [3.63, 3.8) is 0 Å². The van der Waals surface area contributed by atoms with Crippen molar-refractivity contribution >= 4 is 29.4 Å². The molecule has 2 N–H and O–H groups in total. The van der Waals surface area contributed by atoms with Gasteiger partial charge in [0, 0.05) is 22.2 Å². The van der Waals surface area contributed by atoms with Gasteiger partial charge >= 0.3 is 5.69 Å². The lowest BCUT2D eigenvalue weighted by molar-refractivity contribution is -0.385. The summed E-state index contributed by atoms with van der Waals surface area (Å²) in [5, 5.41) is 24.5. The van der Waals surface area contributed by atoms with E-state index in [0.29, 0.717) is 11.3 Å². The molecular formula is C17H16ClN3O5. The fourth-order valence-electron chi connectivity index (χ4n) is 2.03. The standard InChI is InChI=1S/C17H16ClN3O5/c1-10(2)26-14-5-3-11(4-6-14)17(23)20-19-9-12-7-13(18)8-15(16(12)22)21(24)25/h3-10,22H,1-2H3,(H,20,23)/b19-9+. The number of hydrogen-bond donors (Lipinski definition) is 2. The van der Waals surface area contributed by atoms with Crippen LogP contribution in [0.1, 0.15) is 29.8 Å². The number of nitrogens with one attached hydrogen (secondary N) is 1.